The molecule has 2 heterocycles. The molecular formula is C21H26F3N3O4. The highest BCUT2D eigenvalue weighted by atomic mass is 19.4. The summed E-state index contributed by atoms with van der Waals surface area (Å²) >= 11 is 0. The summed E-state index contributed by atoms with van der Waals surface area (Å²) in [6, 6.07) is 3.15. The Morgan fingerprint density at radius 3 is 2.77 bits per heavy atom. The molecule has 3 rings (SSSR count). The second-order valence-electron chi connectivity index (χ2n) is 7.51. The second-order valence-corrected chi connectivity index (χ2v) is 7.51. The van der Waals surface area contributed by atoms with E-state index in [0.29, 0.717) is 36.5 Å². The molecular weight excluding hydrogens is 415 g/mol. The molecule has 0 saturated heterocycles. The molecule has 1 fully saturated rings. The van der Waals surface area contributed by atoms with E-state index in [0.717, 1.165) is 30.4 Å². The highest BCUT2D eigenvalue weighted by Crippen LogP contribution is 2.39. The molecule has 7 nitrogen and oxygen atoms in total. The van der Waals surface area contributed by atoms with E-state index in [1.54, 1.807) is 13.2 Å². The third kappa shape index (κ3) is 6.43. The molecule has 1 aliphatic carbocycles. The van der Waals surface area contributed by atoms with Crippen molar-refractivity contribution < 1.29 is 32.2 Å². The van der Waals surface area contributed by atoms with E-state index in [-0.39, 0.29) is 24.3 Å². The van der Waals surface area contributed by atoms with Crippen LogP contribution < -0.4 is 9.47 Å². The summed E-state index contributed by atoms with van der Waals surface area (Å²) in [6.45, 7) is -0.140. The Hall–Kier alpha value is -2.62. The summed E-state index contributed by atoms with van der Waals surface area (Å²) in [5.41, 5.74) is 0.873. The molecule has 2 unspecified atom stereocenters. The van der Waals surface area contributed by atoms with E-state index in [1.165, 1.54) is 18.5 Å². The lowest BCUT2D eigenvalue weighted by molar-refractivity contribution is -0.143. The first-order valence-corrected chi connectivity index (χ1v) is 10.2. The maximum absolute atomic E-state index is 12.9. The van der Waals surface area contributed by atoms with Crippen molar-refractivity contribution >= 4 is 6.29 Å². The number of alkyl halides is 3. The Balaban J connectivity index is 1.69. The van der Waals surface area contributed by atoms with Crippen LogP contribution in [0.4, 0.5) is 13.2 Å². The predicted molar refractivity (Wildman–Crippen MR) is 105 cm³/mol. The first-order chi connectivity index (χ1) is 14.9. The number of carbonyl (C=O) groups is 1. The van der Waals surface area contributed by atoms with Crippen LogP contribution in [0.3, 0.4) is 0 Å². The van der Waals surface area contributed by atoms with Crippen molar-refractivity contribution in [3.8, 4) is 11.6 Å². The van der Waals surface area contributed by atoms with Gasteiger partial charge in [-0.3, -0.25) is 9.48 Å². The Morgan fingerprint density at radius 1 is 1.23 bits per heavy atom. The average molecular weight is 441 g/mol. The van der Waals surface area contributed by atoms with E-state index in [9.17, 15) is 18.0 Å². The number of rotatable bonds is 10. The van der Waals surface area contributed by atoms with Crippen LogP contribution >= 0.6 is 0 Å². The van der Waals surface area contributed by atoms with Gasteiger partial charge in [-0.1, -0.05) is 12.8 Å². The number of ether oxygens (including phenoxy) is 3. The van der Waals surface area contributed by atoms with Gasteiger partial charge in [0, 0.05) is 36.9 Å². The van der Waals surface area contributed by atoms with Crippen LogP contribution in [0.1, 0.15) is 47.7 Å². The fourth-order valence-corrected chi connectivity index (χ4v) is 3.91. The summed E-state index contributed by atoms with van der Waals surface area (Å²) in [5.74, 6) is 0.526. The Bertz CT molecular complexity index is 857. The molecule has 0 radical (unpaired) electrons. The standard InChI is InChI=1S/C21H26F3N3O4/c1-29-8-9-30-20-10-16(12-28)19(11-25-20)31-13-15-4-2-3-5-17(15)18-6-7-26-27(18)14-21(22,23)24/h6-7,10-12,15,17H,2-5,8-9,13-14H2,1H3. The number of hydrogen-bond acceptors (Lipinski definition) is 6. The van der Waals surface area contributed by atoms with Crippen LogP contribution in [0.5, 0.6) is 11.6 Å². The van der Waals surface area contributed by atoms with Gasteiger partial charge in [-0.05, 0) is 18.9 Å². The van der Waals surface area contributed by atoms with Crippen molar-refractivity contribution in [1.29, 1.82) is 0 Å². The zero-order valence-electron chi connectivity index (χ0n) is 17.3. The molecule has 10 heteroatoms. The molecule has 1 saturated carbocycles. The Labute approximate surface area is 178 Å². The van der Waals surface area contributed by atoms with Crippen LogP contribution in [0, 0.1) is 5.92 Å². The van der Waals surface area contributed by atoms with Crippen molar-refractivity contribution in [2.45, 2.75) is 44.3 Å². The van der Waals surface area contributed by atoms with Crippen LogP contribution in [0.15, 0.2) is 24.5 Å². The topological polar surface area (TPSA) is 75.5 Å². The zero-order chi connectivity index (χ0) is 22.3. The van der Waals surface area contributed by atoms with Crippen LogP contribution in [0.25, 0.3) is 0 Å². The molecule has 0 amide bonds. The first kappa shape index (κ1) is 23.1. The number of aromatic nitrogens is 3. The molecule has 2 aromatic rings. The smallest absolute Gasteiger partial charge is 0.408 e. The summed E-state index contributed by atoms with van der Waals surface area (Å²) < 4.78 is 56.0. The normalized spacial score (nSPS) is 19.2. The summed E-state index contributed by atoms with van der Waals surface area (Å²) in [5, 5.41) is 3.87. The SMILES string of the molecule is COCCOc1cc(C=O)c(OCC2CCCCC2c2ccnn2CC(F)(F)F)cn1. The molecule has 0 bridgehead atoms. The largest absolute Gasteiger partial charge is 0.491 e. The minimum atomic E-state index is -4.33. The average Bonchev–Trinajstić information content (AvgIpc) is 3.19. The van der Waals surface area contributed by atoms with Crippen molar-refractivity contribution in [2.75, 3.05) is 26.9 Å². The maximum atomic E-state index is 12.9. The third-order valence-electron chi connectivity index (χ3n) is 5.36. The summed E-state index contributed by atoms with van der Waals surface area (Å²) in [4.78, 5) is 15.6. The lowest BCUT2D eigenvalue weighted by Crippen LogP contribution is -2.28. The highest BCUT2D eigenvalue weighted by Gasteiger charge is 2.34. The van der Waals surface area contributed by atoms with E-state index in [2.05, 4.69) is 10.1 Å². The van der Waals surface area contributed by atoms with Gasteiger partial charge in [-0.25, -0.2) is 4.98 Å². The van der Waals surface area contributed by atoms with Crippen molar-refractivity contribution in [2.24, 2.45) is 5.92 Å². The van der Waals surface area contributed by atoms with Gasteiger partial charge in [0.1, 0.15) is 18.9 Å². The quantitative estimate of drug-likeness (QED) is 0.409. The predicted octanol–water partition coefficient (Wildman–Crippen LogP) is 4.03. The first-order valence-electron chi connectivity index (χ1n) is 10.2. The minimum Gasteiger partial charge on any atom is -0.491 e. The summed E-state index contributed by atoms with van der Waals surface area (Å²) in [6.07, 6.45) is 2.67. The Kier molecular flexibility index (Phi) is 7.89. The maximum Gasteiger partial charge on any atom is 0.408 e. The lowest BCUT2D eigenvalue weighted by atomic mass is 9.78. The molecule has 0 spiro atoms. The van der Waals surface area contributed by atoms with Crippen LogP contribution in [-0.2, 0) is 11.3 Å². The van der Waals surface area contributed by atoms with Crippen LogP contribution in [0.2, 0.25) is 0 Å². The van der Waals surface area contributed by atoms with Gasteiger partial charge >= 0.3 is 6.18 Å². The van der Waals surface area contributed by atoms with Gasteiger partial charge in [0.05, 0.1) is 25.0 Å². The van der Waals surface area contributed by atoms with Gasteiger partial charge in [0.25, 0.3) is 0 Å². The van der Waals surface area contributed by atoms with Gasteiger partial charge in [0.2, 0.25) is 5.88 Å². The molecule has 1 aliphatic rings. The molecule has 2 atom stereocenters. The molecule has 0 aliphatic heterocycles. The van der Waals surface area contributed by atoms with Gasteiger partial charge in [-0.2, -0.15) is 18.3 Å². The molecule has 0 aromatic carbocycles. The minimum absolute atomic E-state index is 0.00886. The van der Waals surface area contributed by atoms with E-state index < -0.39 is 12.7 Å². The fraction of sp³-hybridized carbons (Fsp3) is 0.571. The zero-order valence-corrected chi connectivity index (χ0v) is 17.3. The van der Waals surface area contributed by atoms with Gasteiger partial charge < -0.3 is 14.2 Å². The fourth-order valence-electron chi connectivity index (χ4n) is 3.91. The van der Waals surface area contributed by atoms with Crippen molar-refractivity contribution in [3.63, 3.8) is 0 Å². The molecule has 2 aromatic heterocycles. The Morgan fingerprint density at radius 2 is 2.03 bits per heavy atom. The van der Waals surface area contributed by atoms with E-state index >= 15 is 0 Å². The van der Waals surface area contributed by atoms with E-state index in [1.807, 2.05) is 0 Å². The van der Waals surface area contributed by atoms with Crippen molar-refractivity contribution in [1.82, 2.24) is 14.8 Å². The second kappa shape index (κ2) is 10.6. The number of methoxy groups -OCH3 is 1. The number of hydrogen-bond donors (Lipinski definition) is 0. The number of nitrogens with zero attached hydrogens (tertiary/aromatic N) is 3. The van der Waals surface area contributed by atoms with E-state index in [4.69, 9.17) is 14.2 Å². The third-order valence-corrected chi connectivity index (χ3v) is 5.36. The van der Waals surface area contributed by atoms with Gasteiger partial charge in [0.15, 0.2) is 6.29 Å². The lowest BCUT2D eigenvalue weighted by Gasteiger charge is -2.32. The number of carbonyl (C=O) groups excluding carboxylic acids is 1. The number of pyridine rings is 1. The monoisotopic (exact) mass is 441 g/mol. The van der Waals surface area contributed by atoms with Crippen molar-refractivity contribution in [3.05, 3.63) is 35.8 Å². The van der Waals surface area contributed by atoms with Gasteiger partial charge in [-0.15, -0.1) is 0 Å². The van der Waals surface area contributed by atoms with Crippen LogP contribution in [-0.4, -0.2) is 54.2 Å². The number of halogens is 3. The summed E-state index contributed by atoms with van der Waals surface area (Å²) in [7, 11) is 1.55. The molecule has 0 N–H and O–H groups in total. The molecule has 31 heavy (non-hydrogen) atoms. The molecule has 170 valence electrons. The highest BCUT2D eigenvalue weighted by molar-refractivity contribution is 5.79. The number of aldehydes is 1.